The van der Waals surface area contributed by atoms with Gasteiger partial charge in [-0.05, 0) is 28.1 Å². The van der Waals surface area contributed by atoms with Gasteiger partial charge in [0, 0.05) is 17.0 Å². The number of fused-ring (bicyclic) bond motifs is 3. The molecule has 3 aromatic rings. The highest BCUT2D eigenvalue weighted by Gasteiger charge is 2.09. The van der Waals surface area contributed by atoms with E-state index < -0.39 is 0 Å². The molecule has 1 aromatic carbocycles. The van der Waals surface area contributed by atoms with Gasteiger partial charge in [-0.15, -0.1) is 0 Å². The second kappa shape index (κ2) is 3.18. The van der Waals surface area contributed by atoms with Crippen molar-refractivity contribution in [3.63, 3.8) is 0 Å². The summed E-state index contributed by atoms with van der Waals surface area (Å²) < 4.78 is 6.14. The van der Waals surface area contributed by atoms with Crippen LogP contribution in [0.2, 0.25) is 5.15 Å². The van der Waals surface area contributed by atoms with Crippen LogP contribution in [0.3, 0.4) is 0 Å². The first-order valence-electron chi connectivity index (χ1n) is 4.22. The van der Waals surface area contributed by atoms with Gasteiger partial charge in [0.15, 0.2) is 12.0 Å². The van der Waals surface area contributed by atoms with Crippen molar-refractivity contribution in [2.45, 2.75) is 0 Å². The van der Waals surface area contributed by atoms with Crippen molar-refractivity contribution in [2.24, 2.45) is 0 Å². The Balaban J connectivity index is 2.61. The van der Waals surface area contributed by atoms with Gasteiger partial charge in [0.2, 0.25) is 0 Å². The molecule has 0 aliphatic rings. The fourth-order valence-corrected chi connectivity index (χ4v) is 2.26. The Morgan fingerprint density at radius 2 is 2.13 bits per heavy atom. The van der Waals surface area contributed by atoms with Gasteiger partial charge in [-0.25, -0.2) is 9.97 Å². The van der Waals surface area contributed by atoms with Gasteiger partial charge in [-0.2, -0.15) is 0 Å². The topological polar surface area (TPSA) is 38.9 Å². The van der Waals surface area contributed by atoms with E-state index >= 15 is 0 Å². The fraction of sp³-hybridized carbons (Fsp3) is 0. The van der Waals surface area contributed by atoms with Crippen LogP contribution >= 0.6 is 27.5 Å². The van der Waals surface area contributed by atoms with Crippen molar-refractivity contribution in [1.29, 1.82) is 0 Å². The van der Waals surface area contributed by atoms with E-state index in [-0.39, 0.29) is 0 Å². The predicted octanol–water partition coefficient (Wildman–Crippen LogP) is 3.79. The van der Waals surface area contributed by atoms with Crippen molar-refractivity contribution in [3.8, 4) is 0 Å². The number of aromatic nitrogens is 2. The Labute approximate surface area is 98.2 Å². The molecule has 0 saturated carbocycles. The molecule has 2 heterocycles. The molecule has 0 saturated heterocycles. The lowest BCUT2D eigenvalue weighted by atomic mass is 10.1. The summed E-state index contributed by atoms with van der Waals surface area (Å²) in [6.45, 7) is 0. The molecule has 0 bridgehead atoms. The average Bonchev–Trinajstić information content (AvgIpc) is 2.69. The van der Waals surface area contributed by atoms with Crippen LogP contribution in [0.4, 0.5) is 0 Å². The summed E-state index contributed by atoms with van der Waals surface area (Å²) in [6, 6.07) is 3.72. The highest BCUT2D eigenvalue weighted by Crippen LogP contribution is 2.31. The molecule has 0 spiro atoms. The summed E-state index contributed by atoms with van der Waals surface area (Å²) in [7, 11) is 0. The summed E-state index contributed by atoms with van der Waals surface area (Å²) in [5.74, 6) is 0. The molecule has 0 aliphatic heterocycles. The lowest BCUT2D eigenvalue weighted by Gasteiger charge is -1.99. The molecule has 0 fully saturated rings. The van der Waals surface area contributed by atoms with Crippen LogP contribution in [0, 0.1) is 0 Å². The monoisotopic (exact) mass is 282 g/mol. The molecule has 5 heteroatoms. The van der Waals surface area contributed by atoms with Crippen LogP contribution in [0.25, 0.3) is 21.9 Å². The maximum atomic E-state index is 5.84. The molecular weight excluding hydrogens is 279 g/mol. The number of benzene rings is 1. The van der Waals surface area contributed by atoms with E-state index in [9.17, 15) is 0 Å². The molecule has 2 aromatic heterocycles. The van der Waals surface area contributed by atoms with Crippen molar-refractivity contribution in [3.05, 3.63) is 34.3 Å². The van der Waals surface area contributed by atoms with Gasteiger partial charge in [-0.3, -0.25) is 0 Å². The Bertz CT molecular complexity index is 665. The second-order valence-electron chi connectivity index (χ2n) is 3.12. The minimum atomic E-state index is 0.453. The Kier molecular flexibility index (Phi) is 1.94. The number of pyridine rings is 1. The number of nitrogens with zero attached hydrogens (tertiary/aromatic N) is 2. The van der Waals surface area contributed by atoms with Gasteiger partial charge in [0.05, 0.1) is 4.47 Å². The normalized spacial score (nSPS) is 11.3. The van der Waals surface area contributed by atoms with Gasteiger partial charge in [-0.1, -0.05) is 11.6 Å². The molecule has 3 rings (SSSR count). The molecule has 0 radical (unpaired) electrons. The smallest absolute Gasteiger partial charge is 0.182 e. The first-order valence-corrected chi connectivity index (χ1v) is 5.40. The van der Waals surface area contributed by atoms with Crippen LogP contribution in [0.15, 0.2) is 33.6 Å². The van der Waals surface area contributed by atoms with E-state index in [1.807, 2.05) is 6.07 Å². The zero-order valence-electron chi connectivity index (χ0n) is 7.37. The molecule has 74 valence electrons. The number of halogens is 2. The van der Waals surface area contributed by atoms with E-state index in [2.05, 4.69) is 25.9 Å². The minimum Gasteiger partial charge on any atom is -0.442 e. The molecule has 0 atom stereocenters. The summed E-state index contributed by atoms with van der Waals surface area (Å²) in [6.07, 6.45) is 3.14. The first kappa shape index (κ1) is 9.12. The van der Waals surface area contributed by atoms with Gasteiger partial charge in [0.25, 0.3) is 0 Å². The van der Waals surface area contributed by atoms with E-state index in [0.717, 1.165) is 26.3 Å². The van der Waals surface area contributed by atoms with Crippen molar-refractivity contribution in [2.75, 3.05) is 0 Å². The Morgan fingerprint density at radius 3 is 3.00 bits per heavy atom. The second-order valence-corrected chi connectivity index (χ2v) is 4.36. The van der Waals surface area contributed by atoms with Crippen LogP contribution in [0.1, 0.15) is 0 Å². The lowest BCUT2D eigenvalue weighted by Crippen LogP contribution is -1.80. The summed E-state index contributed by atoms with van der Waals surface area (Å²) in [5, 5.41) is 2.38. The standard InChI is InChI=1S/C10H4BrClN2O/c11-7-1-5-3-13-8(12)2-6(5)9-10(7)15-4-14-9/h1-4H. The molecule has 3 nitrogen and oxygen atoms in total. The molecule has 0 amide bonds. The maximum absolute atomic E-state index is 5.84. The fourth-order valence-electron chi connectivity index (χ4n) is 1.57. The van der Waals surface area contributed by atoms with Gasteiger partial charge in [0.1, 0.15) is 10.7 Å². The third-order valence-corrected chi connectivity index (χ3v) is 3.02. The van der Waals surface area contributed by atoms with Crippen LogP contribution < -0.4 is 0 Å². The lowest BCUT2D eigenvalue weighted by molar-refractivity contribution is 0.600. The molecular formula is C10H4BrClN2O. The zero-order chi connectivity index (χ0) is 10.4. The van der Waals surface area contributed by atoms with Crippen LogP contribution in [0.5, 0.6) is 0 Å². The van der Waals surface area contributed by atoms with E-state index in [0.29, 0.717) is 5.15 Å². The van der Waals surface area contributed by atoms with Crippen molar-refractivity contribution < 1.29 is 4.42 Å². The average molecular weight is 284 g/mol. The summed E-state index contributed by atoms with van der Waals surface area (Å²) in [5.41, 5.74) is 1.52. The minimum absolute atomic E-state index is 0.453. The van der Waals surface area contributed by atoms with Crippen molar-refractivity contribution >= 4 is 49.4 Å². The third-order valence-electron chi connectivity index (χ3n) is 2.22. The summed E-state index contributed by atoms with van der Waals surface area (Å²) >= 11 is 9.27. The number of hydrogen-bond acceptors (Lipinski definition) is 3. The molecule has 15 heavy (non-hydrogen) atoms. The summed E-state index contributed by atoms with van der Waals surface area (Å²) in [4.78, 5) is 8.19. The third kappa shape index (κ3) is 1.33. The van der Waals surface area contributed by atoms with Crippen molar-refractivity contribution in [1.82, 2.24) is 9.97 Å². The SMILES string of the molecule is Clc1cc2c(cn1)cc(Br)c1ocnc12. The van der Waals surface area contributed by atoms with E-state index in [1.54, 1.807) is 12.3 Å². The van der Waals surface area contributed by atoms with Crippen LogP contribution in [-0.2, 0) is 0 Å². The zero-order valence-corrected chi connectivity index (χ0v) is 9.71. The maximum Gasteiger partial charge on any atom is 0.182 e. The van der Waals surface area contributed by atoms with E-state index in [4.69, 9.17) is 16.0 Å². The highest BCUT2D eigenvalue weighted by atomic mass is 79.9. The molecule has 0 aliphatic carbocycles. The Morgan fingerprint density at radius 1 is 1.27 bits per heavy atom. The predicted molar refractivity (Wildman–Crippen MR) is 62.0 cm³/mol. The van der Waals surface area contributed by atoms with E-state index in [1.165, 1.54) is 6.39 Å². The number of hydrogen-bond donors (Lipinski definition) is 0. The largest absolute Gasteiger partial charge is 0.442 e. The number of rotatable bonds is 0. The highest BCUT2D eigenvalue weighted by molar-refractivity contribution is 9.10. The number of oxazole rings is 1. The quantitative estimate of drug-likeness (QED) is 0.589. The van der Waals surface area contributed by atoms with Gasteiger partial charge >= 0.3 is 0 Å². The van der Waals surface area contributed by atoms with Gasteiger partial charge < -0.3 is 4.42 Å². The Hall–Kier alpha value is -1.13. The molecule has 0 N–H and O–H groups in total. The van der Waals surface area contributed by atoms with Crippen LogP contribution in [-0.4, -0.2) is 9.97 Å². The first-order chi connectivity index (χ1) is 7.25. The molecule has 0 unspecified atom stereocenters.